The van der Waals surface area contributed by atoms with Gasteiger partial charge in [0, 0.05) is 6.20 Å². The summed E-state index contributed by atoms with van der Waals surface area (Å²) in [5.74, 6) is 0. The van der Waals surface area contributed by atoms with Crippen LogP contribution in [-0.2, 0) is 0 Å². The molecule has 0 bridgehead atoms. The Kier molecular flexibility index (Phi) is 3.35. The third-order valence-electron chi connectivity index (χ3n) is 3.02. The van der Waals surface area contributed by atoms with Crippen LogP contribution in [0.5, 0.6) is 0 Å². The summed E-state index contributed by atoms with van der Waals surface area (Å²) in [7, 11) is 0. The Morgan fingerprint density at radius 3 is 2.69 bits per heavy atom. The smallest absolute Gasteiger partial charge is 0.0629 e. The van der Waals surface area contributed by atoms with Crippen LogP contribution in [0.1, 0.15) is 32.4 Å². The molecule has 1 nitrogen and oxygen atoms in total. The molecule has 2 rings (SSSR count). The molecule has 1 aliphatic carbocycles. The molecule has 0 radical (unpaired) electrons. The second-order valence-electron chi connectivity index (χ2n) is 4.31. The highest BCUT2D eigenvalue weighted by molar-refractivity contribution is 5.50. The number of aromatic nitrogens is 1. The van der Waals surface area contributed by atoms with Crippen LogP contribution in [0.2, 0.25) is 0 Å². The summed E-state index contributed by atoms with van der Waals surface area (Å²) < 4.78 is 0. The van der Waals surface area contributed by atoms with Gasteiger partial charge in [-0.2, -0.15) is 0 Å². The van der Waals surface area contributed by atoms with E-state index in [4.69, 9.17) is 0 Å². The fraction of sp³-hybridized carbons (Fsp3) is 0.267. The normalized spacial score (nSPS) is 16.8. The van der Waals surface area contributed by atoms with E-state index >= 15 is 0 Å². The van der Waals surface area contributed by atoms with Gasteiger partial charge in [0.15, 0.2) is 0 Å². The molecule has 82 valence electrons. The lowest BCUT2D eigenvalue weighted by atomic mass is 9.93. The minimum atomic E-state index is 1.02. The Balaban J connectivity index is 2.05. The maximum absolute atomic E-state index is 4.27. The molecule has 0 saturated heterocycles. The van der Waals surface area contributed by atoms with E-state index in [9.17, 15) is 0 Å². The summed E-state index contributed by atoms with van der Waals surface area (Å²) in [6, 6.07) is 5.97. The molecule has 1 aliphatic rings. The highest BCUT2D eigenvalue weighted by Crippen LogP contribution is 2.24. The molecule has 0 aromatic carbocycles. The van der Waals surface area contributed by atoms with Crippen molar-refractivity contribution in [2.24, 2.45) is 0 Å². The van der Waals surface area contributed by atoms with Crippen molar-refractivity contribution in [3.63, 3.8) is 0 Å². The van der Waals surface area contributed by atoms with Crippen molar-refractivity contribution in [3.05, 3.63) is 59.0 Å². The van der Waals surface area contributed by atoms with Gasteiger partial charge in [0.2, 0.25) is 0 Å². The van der Waals surface area contributed by atoms with Crippen LogP contribution < -0.4 is 0 Å². The van der Waals surface area contributed by atoms with E-state index < -0.39 is 0 Å². The maximum Gasteiger partial charge on any atom is 0.0629 e. The second-order valence-corrected chi connectivity index (χ2v) is 4.31. The van der Waals surface area contributed by atoms with Gasteiger partial charge >= 0.3 is 0 Å². The quantitative estimate of drug-likeness (QED) is 0.670. The van der Waals surface area contributed by atoms with Crippen LogP contribution in [0.25, 0.3) is 6.08 Å². The van der Waals surface area contributed by atoms with Crippen molar-refractivity contribution >= 4 is 6.08 Å². The van der Waals surface area contributed by atoms with Crippen molar-refractivity contribution in [3.8, 4) is 0 Å². The molecule has 0 amide bonds. The molecular weight excluding hydrogens is 194 g/mol. The fourth-order valence-electron chi connectivity index (χ4n) is 1.78. The molecule has 0 saturated carbocycles. The number of hydrogen-bond donors (Lipinski definition) is 0. The first-order valence-corrected chi connectivity index (χ1v) is 5.69. The average Bonchev–Trinajstić information content (AvgIpc) is 2.32. The number of pyridine rings is 1. The number of nitrogens with zero attached hydrogens (tertiary/aromatic N) is 1. The first kappa shape index (κ1) is 10.9. The van der Waals surface area contributed by atoms with E-state index in [0.29, 0.717) is 0 Å². The van der Waals surface area contributed by atoms with E-state index in [-0.39, 0.29) is 0 Å². The standard InChI is InChI=1S/C15H17N/c1-12-6-7-14(11-13(12)2)8-9-15-5-3-4-10-16-15/h3-5,7-10H,6,11H2,1-2H3/b9-8+. The van der Waals surface area contributed by atoms with Gasteiger partial charge in [-0.15, -0.1) is 0 Å². The highest BCUT2D eigenvalue weighted by atomic mass is 14.6. The summed E-state index contributed by atoms with van der Waals surface area (Å²) in [5, 5.41) is 0. The van der Waals surface area contributed by atoms with E-state index in [2.05, 4.69) is 37.1 Å². The van der Waals surface area contributed by atoms with Crippen molar-refractivity contribution in [1.29, 1.82) is 0 Å². The zero-order valence-electron chi connectivity index (χ0n) is 9.90. The van der Waals surface area contributed by atoms with E-state index in [1.54, 1.807) is 0 Å². The van der Waals surface area contributed by atoms with Crippen molar-refractivity contribution in [2.75, 3.05) is 0 Å². The van der Waals surface area contributed by atoms with Crippen LogP contribution in [0, 0.1) is 0 Å². The molecule has 1 aromatic rings. The Labute approximate surface area is 97.2 Å². The van der Waals surface area contributed by atoms with Gasteiger partial charge in [0.25, 0.3) is 0 Å². The molecule has 0 N–H and O–H groups in total. The predicted octanol–water partition coefficient (Wildman–Crippen LogP) is 4.15. The lowest BCUT2D eigenvalue weighted by Crippen LogP contribution is -1.93. The molecule has 1 heteroatoms. The van der Waals surface area contributed by atoms with Gasteiger partial charge in [-0.05, 0) is 50.5 Å². The minimum Gasteiger partial charge on any atom is -0.257 e. The van der Waals surface area contributed by atoms with Crippen LogP contribution in [0.3, 0.4) is 0 Å². The first-order valence-electron chi connectivity index (χ1n) is 5.69. The zero-order valence-corrected chi connectivity index (χ0v) is 9.90. The molecule has 0 spiro atoms. The molecule has 16 heavy (non-hydrogen) atoms. The zero-order chi connectivity index (χ0) is 11.4. The fourth-order valence-corrected chi connectivity index (χ4v) is 1.78. The Hall–Kier alpha value is -1.63. The topological polar surface area (TPSA) is 12.9 Å². The maximum atomic E-state index is 4.27. The molecule has 0 atom stereocenters. The third-order valence-corrected chi connectivity index (χ3v) is 3.02. The lowest BCUT2D eigenvalue weighted by molar-refractivity contribution is 0.997. The Morgan fingerprint density at radius 1 is 1.12 bits per heavy atom. The number of hydrogen-bond acceptors (Lipinski definition) is 1. The van der Waals surface area contributed by atoms with Gasteiger partial charge in [0.05, 0.1) is 5.69 Å². The summed E-state index contributed by atoms with van der Waals surface area (Å²) >= 11 is 0. The summed E-state index contributed by atoms with van der Waals surface area (Å²) in [4.78, 5) is 4.27. The van der Waals surface area contributed by atoms with Crippen molar-refractivity contribution in [2.45, 2.75) is 26.7 Å². The summed E-state index contributed by atoms with van der Waals surface area (Å²) in [5.41, 5.74) is 5.43. The van der Waals surface area contributed by atoms with E-state index in [1.807, 2.05) is 24.4 Å². The third kappa shape index (κ3) is 2.69. The van der Waals surface area contributed by atoms with Gasteiger partial charge in [-0.25, -0.2) is 0 Å². The molecule has 0 unspecified atom stereocenters. The predicted molar refractivity (Wildman–Crippen MR) is 69.0 cm³/mol. The van der Waals surface area contributed by atoms with Crippen molar-refractivity contribution < 1.29 is 0 Å². The van der Waals surface area contributed by atoms with E-state index in [1.165, 1.54) is 16.7 Å². The number of allylic oxidation sites excluding steroid dienone is 5. The molecular formula is C15H17N. The second kappa shape index (κ2) is 4.93. The SMILES string of the molecule is CC1=C(C)CC(/C=C/c2ccccn2)=CC1. The van der Waals surface area contributed by atoms with Crippen molar-refractivity contribution in [1.82, 2.24) is 4.98 Å². The van der Waals surface area contributed by atoms with Crippen LogP contribution >= 0.6 is 0 Å². The highest BCUT2D eigenvalue weighted by Gasteiger charge is 2.04. The average molecular weight is 211 g/mol. The van der Waals surface area contributed by atoms with Gasteiger partial charge in [-0.1, -0.05) is 29.4 Å². The Bertz CT molecular complexity index is 450. The molecule has 0 fully saturated rings. The minimum absolute atomic E-state index is 1.02. The largest absolute Gasteiger partial charge is 0.257 e. The van der Waals surface area contributed by atoms with Gasteiger partial charge in [-0.3, -0.25) is 4.98 Å². The van der Waals surface area contributed by atoms with Crippen LogP contribution in [0.4, 0.5) is 0 Å². The summed E-state index contributed by atoms with van der Waals surface area (Å²) in [6.07, 6.45) is 10.6. The van der Waals surface area contributed by atoms with Gasteiger partial charge in [0.1, 0.15) is 0 Å². The van der Waals surface area contributed by atoms with Gasteiger partial charge < -0.3 is 0 Å². The molecule has 0 aliphatic heterocycles. The Morgan fingerprint density at radius 2 is 2.00 bits per heavy atom. The molecule has 1 aromatic heterocycles. The number of rotatable bonds is 2. The first-order chi connectivity index (χ1) is 7.75. The monoisotopic (exact) mass is 211 g/mol. The lowest BCUT2D eigenvalue weighted by Gasteiger charge is -2.13. The summed E-state index contributed by atoms with van der Waals surface area (Å²) in [6.45, 7) is 4.43. The van der Waals surface area contributed by atoms with Crippen LogP contribution in [0.15, 0.2) is 53.3 Å². The van der Waals surface area contributed by atoms with E-state index in [0.717, 1.165) is 18.5 Å². The van der Waals surface area contributed by atoms with Crippen LogP contribution in [-0.4, -0.2) is 4.98 Å². The molecule has 1 heterocycles.